The molecule has 1 saturated carbocycles. The monoisotopic (exact) mass is 168 g/mol. The second kappa shape index (κ2) is 5.61. The fourth-order valence-corrected chi connectivity index (χ4v) is 2.48. The molecule has 0 radical (unpaired) electrons. The van der Waals surface area contributed by atoms with Crippen LogP contribution in [0, 0.1) is 11.8 Å². The van der Waals surface area contributed by atoms with Crippen LogP contribution in [-0.4, -0.2) is 0 Å². The van der Waals surface area contributed by atoms with Gasteiger partial charge in [-0.25, -0.2) is 0 Å². The van der Waals surface area contributed by atoms with E-state index in [1.165, 1.54) is 51.4 Å². The molecule has 0 spiro atoms. The van der Waals surface area contributed by atoms with Gasteiger partial charge in [0.15, 0.2) is 0 Å². The third-order valence-corrected chi connectivity index (χ3v) is 3.47. The van der Waals surface area contributed by atoms with E-state index < -0.39 is 0 Å². The van der Waals surface area contributed by atoms with Crippen molar-refractivity contribution >= 4 is 0 Å². The van der Waals surface area contributed by atoms with E-state index in [2.05, 4.69) is 13.8 Å². The molecule has 72 valence electrons. The maximum absolute atomic E-state index is 2.46. The van der Waals surface area contributed by atoms with Gasteiger partial charge in [-0.05, 0) is 11.8 Å². The molecule has 0 amide bonds. The van der Waals surface area contributed by atoms with Crippen molar-refractivity contribution < 1.29 is 0 Å². The summed E-state index contributed by atoms with van der Waals surface area (Å²) in [5.41, 5.74) is 0. The molecule has 0 heteroatoms. The fraction of sp³-hybridized carbons (Fsp3) is 1.00. The quantitative estimate of drug-likeness (QED) is 0.534. The lowest BCUT2D eigenvalue weighted by Crippen LogP contribution is -2.07. The maximum atomic E-state index is 2.46. The Labute approximate surface area is 77.7 Å². The molecular weight excluding hydrogens is 144 g/mol. The fourth-order valence-electron chi connectivity index (χ4n) is 2.48. The summed E-state index contributed by atoms with van der Waals surface area (Å²) in [4.78, 5) is 0. The van der Waals surface area contributed by atoms with Crippen molar-refractivity contribution in [3.8, 4) is 0 Å². The van der Waals surface area contributed by atoms with Crippen LogP contribution in [0.4, 0.5) is 0 Å². The average molecular weight is 168 g/mol. The molecule has 1 rings (SSSR count). The molecule has 0 aromatic heterocycles. The Bertz CT molecular complexity index is 101. The first kappa shape index (κ1) is 10.1. The number of rotatable bonds is 5. The van der Waals surface area contributed by atoms with Crippen LogP contribution in [0.25, 0.3) is 0 Å². The summed E-state index contributed by atoms with van der Waals surface area (Å²) in [6, 6.07) is 0. The van der Waals surface area contributed by atoms with Crippen LogP contribution in [0.1, 0.15) is 65.2 Å². The van der Waals surface area contributed by atoms with E-state index >= 15 is 0 Å². The van der Waals surface area contributed by atoms with Gasteiger partial charge in [-0.1, -0.05) is 65.2 Å². The van der Waals surface area contributed by atoms with Crippen LogP contribution < -0.4 is 0 Å². The lowest BCUT2D eigenvalue weighted by atomic mass is 9.88. The molecule has 0 N–H and O–H groups in total. The van der Waals surface area contributed by atoms with Crippen LogP contribution in [0.15, 0.2) is 0 Å². The summed E-state index contributed by atoms with van der Waals surface area (Å²) in [6.07, 6.45) is 11.8. The van der Waals surface area contributed by atoms with Gasteiger partial charge in [0.2, 0.25) is 0 Å². The Hall–Kier alpha value is 0. The molecule has 0 aliphatic heterocycles. The minimum Gasteiger partial charge on any atom is -0.0654 e. The normalized spacial score (nSPS) is 21.5. The highest BCUT2D eigenvalue weighted by Crippen LogP contribution is 2.33. The Morgan fingerprint density at radius 1 is 1.17 bits per heavy atom. The SMILES string of the molecule is CCCCCC(C)C1CCCC1. The molecule has 0 bridgehead atoms. The van der Waals surface area contributed by atoms with E-state index in [4.69, 9.17) is 0 Å². The predicted molar refractivity (Wildman–Crippen MR) is 55.3 cm³/mol. The standard InChI is InChI=1S/C12H24/c1-3-4-5-8-11(2)12-9-6-7-10-12/h11-12H,3-10H2,1-2H3. The van der Waals surface area contributed by atoms with Crippen molar-refractivity contribution in [2.75, 3.05) is 0 Å². The first-order chi connectivity index (χ1) is 5.84. The number of hydrogen-bond acceptors (Lipinski definition) is 0. The van der Waals surface area contributed by atoms with Crippen molar-refractivity contribution in [2.24, 2.45) is 11.8 Å². The second-order valence-corrected chi connectivity index (χ2v) is 4.52. The Morgan fingerprint density at radius 2 is 1.83 bits per heavy atom. The van der Waals surface area contributed by atoms with Crippen LogP contribution in [0.2, 0.25) is 0 Å². The molecule has 0 saturated heterocycles. The number of unbranched alkanes of at least 4 members (excludes halogenated alkanes) is 2. The van der Waals surface area contributed by atoms with E-state index in [9.17, 15) is 0 Å². The number of hydrogen-bond donors (Lipinski definition) is 0. The van der Waals surface area contributed by atoms with E-state index in [0.717, 1.165) is 11.8 Å². The molecular formula is C12H24. The lowest BCUT2D eigenvalue weighted by Gasteiger charge is -2.18. The second-order valence-electron chi connectivity index (χ2n) is 4.52. The van der Waals surface area contributed by atoms with Crippen molar-refractivity contribution in [1.82, 2.24) is 0 Å². The zero-order valence-corrected chi connectivity index (χ0v) is 8.81. The zero-order chi connectivity index (χ0) is 8.81. The largest absolute Gasteiger partial charge is 0.0654 e. The van der Waals surface area contributed by atoms with Crippen LogP contribution >= 0.6 is 0 Å². The van der Waals surface area contributed by atoms with Crippen molar-refractivity contribution in [1.29, 1.82) is 0 Å². The van der Waals surface area contributed by atoms with Crippen molar-refractivity contribution in [3.63, 3.8) is 0 Å². The van der Waals surface area contributed by atoms with Crippen LogP contribution in [0.5, 0.6) is 0 Å². The van der Waals surface area contributed by atoms with Gasteiger partial charge in [0, 0.05) is 0 Å². The molecule has 1 aliphatic carbocycles. The molecule has 1 atom stereocenters. The zero-order valence-electron chi connectivity index (χ0n) is 8.81. The van der Waals surface area contributed by atoms with E-state index in [0.29, 0.717) is 0 Å². The minimum absolute atomic E-state index is 1.01. The molecule has 1 fully saturated rings. The van der Waals surface area contributed by atoms with Gasteiger partial charge in [0.05, 0.1) is 0 Å². The molecule has 12 heavy (non-hydrogen) atoms. The smallest absolute Gasteiger partial charge is 0.0388 e. The Balaban J connectivity index is 2.05. The molecule has 1 unspecified atom stereocenters. The third-order valence-electron chi connectivity index (χ3n) is 3.47. The summed E-state index contributed by atoms with van der Waals surface area (Å²) in [5, 5.41) is 0. The summed E-state index contributed by atoms with van der Waals surface area (Å²) >= 11 is 0. The van der Waals surface area contributed by atoms with E-state index in [1.807, 2.05) is 0 Å². The highest BCUT2D eigenvalue weighted by Gasteiger charge is 2.20. The van der Waals surface area contributed by atoms with E-state index in [-0.39, 0.29) is 0 Å². The first-order valence-corrected chi connectivity index (χ1v) is 5.84. The minimum atomic E-state index is 1.01. The molecule has 0 aromatic carbocycles. The molecule has 1 aliphatic rings. The molecule has 0 nitrogen and oxygen atoms in total. The highest BCUT2D eigenvalue weighted by atomic mass is 14.3. The topological polar surface area (TPSA) is 0 Å². The summed E-state index contributed by atoms with van der Waals surface area (Å²) in [7, 11) is 0. The van der Waals surface area contributed by atoms with Gasteiger partial charge in [0.25, 0.3) is 0 Å². The van der Waals surface area contributed by atoms with Crippen molar-refractivity contribution in [3.05, 3.63) is 0 Å². The van der Waals surface area contributed by atoms with Gasteiger partial charge in [0.1, 0.15) is 0 Å². The van der Waals surface area contributed by atoms with Gasteiger partial charge in [-0.15, -0.1) is 0 Å². The maximum Gasteiger partial charge on any atom is -0.0388 e. The lowest BCUT2D eigenvalue weighted by molar-refractivity contribution is 0.335. The first-order valence-electron chi connectivity index (χ1n) is 5.84. The predicted octanol–water partition coefficient (Wildman–Crippen LogP) is 4.39. The Kier molecular flexibility index (Phi) is 4.72. The summed E-state index contributed by atoms with van der Waals surface area (Å²) < 4.78 is 0. The molecule has 0 aromatic rings. The van der Waals surface area contributed by atoms with E-state index in [1.54, 1.807) is 0 Å². The highest BCUT2D eigenvalue weighted by molar-refractivity contribution is 4.72. The van der Waals surface area contributed by atoms with Gasteiger partial charge >= 0.3 is 0 Å². The van der Waals surface area contributed by atoms with Gasteiger partial charge in [-0.3, -0.25) is 0 Å². The van der Waals surface area contributed by atoms with Crippen molar-refractivity contribution in [2.45, 2.75) is 65.2 Å². The summed E-state index contributed by atoms with van der Waals surface area (Å²) in [6.45, 7) is 4.76. The molecule has 0 heterocycles. The van der Waals surface area contributed by atoms with Gasteiger partial charge < -0.3 is 0 Å². The summed E-state index contributed by atoms with van der Waals surface area (Å²) in [5.74, 6) is 2.10. The Morgan fingerprint density at radius 3 is 2.42 bits per heavy atom. The average Bonchev–Trinajstić information content (AvgIpc) is 2.56. The van der Waals surface area contributed by atoms with Crippen LogP contribution in [0.3, 0.4) is 0 Å². The van der Waals surface area contributed by atoms with Crippen LogP contribution in [-0.2, 0) is 0 Å². The third kappa shape index (κ3) is 3.16. The van der Waals surface area contributed by atoms with Gasteiger partial charge in [-0.2, -0.15) is 0 Å².